The van der Waals surface area contributed by atoms with Crippen molar-refractivity contribution in [1.29, 1.82) is 0 Å². The molecular formula is C5H3N. The van der Waals surface area contributed by atoms with E-state index in [1.54, 1.807) is 0 Å². The van der Waals surface area contributed by atoms with Crippen LogP contribution in [0.1, 0.15) is 0 Å². The Kier molecular flexibility index (Phi) is 3.03. The van der Waals surface area contributed by atoms with Gasteiger partial charge < -0.3 is 0 Å². The second-order valence-electron chi connectivity index (χ2n) is 0.612. The molecule has 0 aromatic carbocycles. The van der Waals surface area contributed by atoms with Gasteiger partial charge in [0.25, 0.3) is 0 Å². The Morgan fingerprint density at radius 1 is 1.83 bits per heavy atom. The second kappa shape index (κ2) is 3.79. The monoisotopic (exact) mass is 77.0 g/mol. The zero-order valence-corrected chi connectivity index (χ0v) is 3.18. The van der Waals surface area contributed by atoms with Crippen LogP contribution in [0.4, 0.5) is 0 Å². The fourth-order valence-electron chi connectivity index (χ4n) is 0.0803. The van der Waals surface area contributed by atoms with E-state index in [-0.39, 0.29) is 0 Å². The van der Waals surface area contributed by atoms with E-state index in [9.17, 15) is 0 Å². The van der Waals surface area contributed by atoms with Crippen molar-refractivity contribution >= 4 is 0 Å². The molecule has 1 heteroatoms. The third kappa shape index (κ3) is 2.79. The third-order valence-electron chi connectivity index (χ3n) is 0.245. The molecule has 0 aromatic heterocycles. The molecule has 0 saturated carbocycles. The number of nitrogens with zero attached hydrogens (tertiary/aromatic N) is 1. The smallest absolute Gasteiger partial charge is 0.162 e. The number of terminal acetylenes is 1. The summed E-state index contributed by atoms with van der Waals surface area (Å²) in [4.78, 5) is 2.85. The summed E-state index contributed by atoms with van der Waals surface area (Å²) in [6, 6.07) is 0. The van der Waals surface area contributed by atoms with Crippen LogP contribution in [0.25, 0.3) is 4.85 Å². The van der Waals surface area contributed by atoms with Crippen LogP contribution < -0.4 is 0 Å². The maximum atomic E-state index is 6.15. The maximum Gasteiger partial charge on any atom is 0.162 e. The summed E-state index contributed by atoms with van der Waals surface area (Å²) in [5.74, 6) is 2.17. The van der Waals surface area contributed by atoms with Gasteiger partial charge in [0.1, 0.15) is 0 Å². The average Bonchev–Trinajstić information content (AvgIpc) is 1.61. The first-order chi connectivity index (χ1) is 2.91. The molecule has 6 heavy (non-hydrogen) atoms. The van der Waals surface area contributed by atoms with Crippen molar-refractivity contribution in [1.82, 2.24) is 0 Å². The van der Waals surface area contributed by atoms with Gasteiger partial charge in [0, 0.05) is 0 Å². The van der Waals surface area contributed by atoms with Crippen molar-refractivity contribution < 1.29 is 0 Å². The Bertz CT molecular complexity index is 104. The van der Waals surface area contributed by atoms with E-state index in [2.05, 4.69) is 10.8 Å². The lowest BCUT2D eigenvalue weighted by atomic mass is 10.6. The lowest BCUT2D eigenvalue weighted by Gasteiger charge is -1.52. The van der Waals surface area contributed by atoms with Gasteiger partial charge in [-0.25, -0.2) is 4.85 Å². The lowest BCUT2D eigenvalue weighted by Crippen LogP contribution is -1.36. The van der Waals surface area contributed by atoms with E-state index >= 15 is 0 Å². The molecule has 0 heterocycles. The summed E-state index contributed by atoms with van der Waals surface area (Å²) in [7, 11) is 0. The molecule has 0 aliphatic rings. The van der Waals surface area contributed by atoms with E-state index in [4.69, 9.17) is 13.0 Å². The Morgan fingerprint density at radius 3 is 2.67 bits per heavy atom. The Morgan fingerprint density at radius 2 is 2.50 bits per heavy atom. The minimum absolute atomic E-state index is 1.24. The highest BCUT2D eigenvalue weighted by Crippen LogP contribution is 1.65. The lowest BCUT2D eigenvalue weighted by molar-refractivity contribution is 2.02. The zero-order valence-electron chi connectivity index (χ0n) is 3.18. The molecule has 0 unspecified atom stereocenters. The molecule has 0 aliphatic heterocycles. The highest BCUT2D eigenvalue weighted by atomic mass is 14.6. The summed E-state index contributed by atoms with van der Waals surface area (Å²) in [6.45, 7) is 6.15. The topological polar surface area (TPSA) is 4.36 Å². The fourth-order valence-corrected chi connectivity index (χ4v) is 0.0803. The van der Waals surface area contributed by atoms with E-state index in [1.807, 2.05) is 0 Å². The van der Waals surface area contributed by atoms with Crippen LogP contribution in [-0.2, 0) is 0 Å². The molecule has 0 amide bonds. The molecule has 0 atom stereocenters. The summed E-state index contributed by atoms with van der Waals surface area (Å²) in [6.07, 6.45) is 7.32. The molecule has 0 saturated heterocycles. The van der Waals surface area contributed by atoms with Gasteiger partial charge in [-0.1, -0.05) is 5.92 Å². The van der Waals surface area contributed by atoms with E-state index in [1.165, 1.54) is 12.3 Å². The summed E-state index contributed by atoms with van der Waals surface area (Å²) < 4.78 is 0. The van der Waals surface area contributed by atoms with Crippen molar-refractivity contribution in [2.45, 2.75) is 0 Å². The van der Waals surface area contributed by atoms with Crippen molar-refractivity contribution in [2.24, 2.45) is 0 Å². The van der Waals surface area contributed by atoms with Gasteiger partial charge in [-0.15, -0.1) is 6.42 Å². The first-order valence-corrected chi connectivity index (χ1v) is 1.39. The predicted molar refractivity (Wildman–Crippen MR) is 24.6 cm³/mol. The number of hydrogen-bond acceptors (Lipinski definition) is 0. The van der Waals surface area contributed by atoms with E-state index < -0.39 is 0 Å². The predicted octanol–water partition coefficient (Wildman–Crippen LogP) is 1.05. The van der Waals surface area contributed by atoms with E-state index in [0.717, 1.165) is 0 Å². The highest BCUT2D eigenvalue weighted by Gasteiger charge is 1.49. The van der Waals surface area contributed by atoms with E-state index in [0.29, 0.717) is 0 Å². The van der Waals surface area contributed by atoms with Gasteiger partial charge in [0.05, 0.1) is 6.57 Å². The quantitative estimate of drug-likeness (QED) is 0.300. The van der Waals surface area contributed by atoms with Gasteiger partial charge in [0.2, 0.25) is 0 Å². The molecule has 0 bridgehead atoms. The normalized spacial score (nSPS) is 7.00. The summed E-state index contributed by atoms with van der Waals surface area (Å²) in [5.41, 5.74) is 0. The first-order valence-electron chi connectivity index (χ1n) is 1.39. The third-order valence-corrected chi connectivity index (χ3v) is 0.245. The van der Waals surface area contributed by atoms with Crippen molar-refractivity contribution in [3.05, 3.63) is 23.7 Å². The molecule has 0 spiro atoms. The molecule has 0 aromatic rings. The number of hydrogen-bond donors (Lipinski definition) is 0. The number of rotatable bonds is 0. The Labute approximate surface area is 37.1 Å². The van der Waals surface area contributed by atoms with Crippen LogP contribution in [0.5, 0.6) is 0 Å². The van der Waals surface area contributed by atoms with Crippen molar-refractivity contribution in [3.63, 3.8) is 0 Å². The van der Waals surface area contributed by atoms with Gasteiger partial charge >= 0.3 is 0 Å². The molecule has 0 aliphatic carbocycles. The average molecular weight is 77.1 g/mol. The standard InChI is InChI=1S/C5H3N/c1-3-4-5-6-2/h1,4-5H/b5-4-. The minimum atomic E-state index is 1.24. The SMILES string of the molecule is [C-]#[N+]/C=C\C#C. The largest absolute Gasteiger partial charge is 0.245 e. The highest BCUT2D eigenvalue weighted by molar-refractivity contribution is 5.10. The Hall–Kier alpha value is -1.21. The maximum absolute atomic E-state index is 6.15. The van der Waals surface area contributed by atoms with Crippen LogP contribution in [0.3, 0.4) is 0 Å². The van der Waals surface area contributed by atoms with Crippen LogP contribution in [0.2, 0.25) is 0 Å². The van der Waals surface area contributed by atoms with Crippen LogP contribution in [0, 0.1) is 18.9 Å². The Balaban J connectivity index is 3.36. The molecule has 0 fully saturated rings. The van der Waals surface area contributed by atoms with Crippen LogP contribution >= 0.6 is 0 Å². The zero-order chi connectivity index (χ0) is 4.83. The first kappa shape index (κ1) is 4.79. The van der Waals surface area contributed by atoms with Crippen LogP contribution in [-0.4, -0.2) is 0 Å². The molecule has 0 rings (SSSR count). The molecular weight excluding hydrogens is 74.1 g/mol. The fraction of sp³-hybridized carbons (Fsp3) is 0. The molecule has 28 valence electrons. The van der Waals surface area contributed by atoms with Gasteiger partial charge in [0.15, 0.2) is 6.20 Å². The number of allylic oxidation sites excluding steroid dienone is 1. The minimum Gasteiger partial charge on any atom is -0.245 e. The van der Waals surface area contributed by atoms with Gasteiger partial charge in [-0.3, -0.25) is 0 Å². The van der Waals surface area contributed by atoms with Crippen molar-refractivity contribution in [3.8, 4) is 12.3 Å². The summed E-state index contributed by atoms with van der Waals surface area (Å²) in [5, 5.41) is 0. The van der Waals surface area contributed by atoms with Crippen molar-refractivity contribution in [2.75, 3.05) is 0 Å². The summed E-state index contributed by atoms with van der Waals surface area (Å²) >= 11 is 0. The molecule has 0 N–H and O–H groups in total. The van der Waals surface area contributed by atoms with Gasteiger partial charge in [-0.05, 0) is 6.08 Å². The molecule has 0 radical (unpaired) electrons. The second-order valence-corrected chi connectivity index (χ2v) is 0.612. The molecule has 1 nitrogen and oxygen atoms in total. The van der Waals surface area contributed by atoms with Crippen LogP contribution in [0.15, 0.2) is 12.3 Å². The van der Waals surface area contributed by atoms with Gasteiger partial charge in [-0.2, -0.15) is 0 Å².